The first kappa shape index (κ1) is 16.0. The van der Waals surface area contributed by atoms with Crippen LogP contribution >= 0.6 is 11.3 Å². The fourth-order valence-corrected chi connectivity index (χ4v) is 3.75. The summed E-state index contributed by atoms with van der Waals surface area (Å²) in [5, 5.41) is 13.4. The molecular formula is C19H21NO2S. The van der Waals surface area contributed by atoms with Gasteiger partial charge in [0, 0.05) is 15.7 Å². The number of rotatable bonds is 5. The zero-order valence-corrected chi connectivity index (χ0v) is 13.8. The summed E-state index contributed by atoms with van der Waals surface area (Å²) in [6, 6.07) is 13.5. The van der Waals surface area contributed by atoms with Gasteiger partial charge in [0.15, 0.2) is 0 Å². The zero-order valence-electron chi connectivity index (χ0n) is 12.9. The molecule has 3 rings (SSSR count). The molecule has 4 heteroatoms. The third-order valence-electron chi connectivity index (χ3n) is 4.14. The lowest BCUT2D eigenvalue weighted by Gasteiger charge is -2.16. The van der Waals surface area contributed by atoms with Crippen LogP contribution in [-0.2, 0) is 11.3 Å². The Balaban J connectivity index is 1.57. The average molecular weight is 327 g/mol. The Morgan fingerprint density at radius 2 is 2.04 bits per heavy atom. The van der Waals surface area contributed by atoms with Crippen molar-refractivity contribution in [3.63, 3.8) is 0 Å². The maximum absolute atomic E-state index is 12.1. The Labute approximate surface area is 140 Å². The highest BCUT2D eigenvalue weighted by atomic mass is 32.1. The number of hydrogen-bond acceptors (Lipinski definition) is 3. The first-order valence-electron chi connectivity index (χ1n) is 7.98. The molecule has 0 unspecified atom stereocenters. The number of amides is 1. The van der Waals surface area contributed by atoms with Crippen LogP contribution in [0.2, 0.25) is 0 Å². The number of aliphatic hydroxyl groups is 1. The number of allylic oxidation sites excluding steroid dienone is 2. The third kappa shape index (κ3) is 4.09. The van der Waals surface area contributed by atoms with E-state index in [1.165, 1.54) is 0 Å². The Morgan fingerprint density at radius 1 is 1.22 bits per heavy atom. The Bertz CT molecular complexity index is 678. The highest BCUT2D eigenvalue weighted by Crippen LogP contribution is 2.28. The molecule has 2 atom stereocenters. The first-order chi connectivity index (χ1) is 11.2. The van der Waals surface area contributed by atoms with E-state index in [4.69, 9.17) is 0 Å². The van der Waals surface area contributed by atoms with E-state index in [1.54, 1.807) is 11.3 Å². The van der Waals surface area contributed by atoms with Gasteiger partial charge >= 0.3 is 0 Å². The number of thiophene rings is 1. The third-order valence-corrected chi connectivity index (χ3v) is 5.28. The second kappa shape index (κ2) is 7.57. The van der Waals surface area contributed by atoms with Gasteiger partial charge in [-0.15, -0.1) is 11.3 Å². The summed E-state index contributed by atoms with van der Waals surface area (Å²) in [7, 11) is 0. The van der Waals surface area contributed by atoms with Gasteiger partial charge in [0.2, 0.25) is 5.91 Å². The van der Waals surface area contributed by atoms with Crippen molar-refractivity contribution in [1.29, 1.82) is 0 Å². The molecule has 0 fully saturated rings. The van der Waals surface area contributed by atoms with E-state index in [0.29, 0.717) is 6.54 Å². The predicted octanol–water partition coefficient (Wildman–Crippen LogP) is 3.80. The van der Waals surface area contributed by atoms with Crippen molar-refractivity contribution in [2.45, 2.75) is 31.9 Å². The first-order valence-corrected chi connectivity index (χ1v) is 8.80. The van der Waals surface area contributed by atoms with Crippen LogP contribution in [-0.4, -0.2) is 11.0 Å². The van der Waals surface area contributed by atoms with Gasteiger partial charge in [-0.2, -0.15) is 0 Å². The van der Waals surface area contributed by atoms with Crippen molar-refractivity contribution in [1.82, 2.24) is 5.32 Å². The normalized spacial score (nSPS) is 18.6. The van der Waals surface area contributed by atoms with Crippen LogP contribution in [0.4, 0.5) is 0 Å². The molecule has 1 aromatic carbocycles. The molecule has 1 aliphatic carbocycles. The molecule has 0 bridgehead atoms. The van der Waals surface area contributed by atoms with Gasteiger partial charge in [0.1, 0.15) is 6.10 Å². The maximum Gasteiger partial charge on any atom is 0.223 e. The molecule has 2 aromatic rings. The zero-order chi connectivity index (χ0) is 16.1. The van der Waals surface area contributed by atoms with Crippen molar-refractivity contribution >= 4 is 17.2 Å². The lowest BCUT2D eigenvalue weighted by Crippen LogP contribution is -2.30. The molecule has 0 saturated carbocycles. The summed E-state index contributed by atoms with van der Waals surface area (Å²) in [4.78, 5) is 14.1. The molecule has 0 radical (unpaired) electrons. The van der Waals surface area contributed by atoms with E-state index in [1.807, 2.05) is 42.5 Å². The highest BCUT2D eigenvalue weighted by Gasteiger charge is 2.18. The van der Waals surface area contributed by atoms with Gasteiger partial charge in [0.25, 0.3) is 0 Å². The summed E-state index contributed by atoms with van der Waals surface area (Å²) in [6.45, 7) is 0.533. The summed E-state index contributed by atoms with van der Waals surface area (Å²) in [5.74, 6) is 0.238. The van der Waals surface area contributed by atoms with Crippen LogP contribution in [0.25, 0.3) is 0 Å². The molecule has 23 heavy (non-hydrogen) atoms. The summed E-state index contributed by atoms with van der Waals surface area (Å²) >= 11 is 1.55. The molecule has 1 amide bonds. The minimum Gasteiger partial charge on any atom is -0.383 e. The summed E-state index contributed by atoms with van der Waals surface area (Å²) < 4.78 is 0. The van der Waals surface area contributed by atoms with Gasteiger partial charge in [-0.3, -0.25) is 4.79 Å². The van der Waals surface area contributed by atoms with Crippen molar-refractivity contribution < 1.29 is 9.90 Å². The van der Waals surface area contributed by atoms with Gasteiger partial charge < -0.3 is 10.4 Å². The van der Waals surface area contributed by atoms with Crippen LogP contribution < -0.4 is 5.32 Å². The largest absolute Gasteiger partial charge is 0.383 e. The average Bonchev–Trinajstić information content (AvgIpc) is 3.09. The quantitative estimate of drug-likeness (QED) is 0.821. The molecule has 3 nitrogen and oxygen atoms in total. The van der Waals surface area contributed by atoms with E-state index < -0.39 is 6.10 Å². The monoisotopic (exact) mass is 327 g/mol. The topological polar surface area (TPSA) is 49.3 Å². The number of carbonyl (C=O) groups excluding carboxylic acids is 1. The molecule has 2 N–H and O–H groups in total. The number of aliphatic hydroxyl groups excluding tert-OH is 1. The minimum absolute atomic E-state index is 0.106. The molecule has 1 aliphatic rings. The van der Waals surface area contributed by atoms with Crippen molar-refractivity contribution in [2.75, 3.05) is 0 Å². The van der Waals surface area contributed by atoms with Gasteiger partial charge in [0.05, 0.1) is 6.54 Å². The Hall–Kier alpha value is -1.91. The lowest BCUT2D eigenvalue weighted by molar-refractivity contribution is -0.125. The van der Waals surface area contributed by atoms with Crippen LogP contribution in [0.1, 0.15) is 40.7 Å². The van der Waals surface area contributed by atoms with Gasteiger partial charge in [-0.25, -0.2) is 0 Å². The number of hydrogen-bond donors (Lipinski definition) is 2. The summed E-state index contributed by atoms with van der Waals surface area (Å²) in [5.41, 5.74) is 0.888. The minimum atomic E-state index is -0.603. The highest BCUT2D eigenvalue weighted by molar-refractivity contribution is 7.12. The van der Waals surface area contributed by atoms with Crippen LogP contribution in [0.15, 0.2) is 54.6 Å². The number of nitrogens with one attached hydrogen (secondary N) is 1. The van der Waals surface area contributed by atoms with E-state index in [2.05, 4.69) is 17.5 Å². The van der Waals surface area contributed by atoms with Crippen molar-refractivity contribution in [2.24, 2.45) is 5.92 Å². The molecule has 0 aliphatic heterocycles. The Kier molecular flexibility index (Phi) is 5.26. The fourth-order valence-electron chi connectivity index (χ4n) is 2.79. The molecule has 1 heterocycles. The maximum atomic E-state index is 12.1. The smallest absolute Gasteiger partial charge is 0.223 e. The van der Waals surface area contributed by atoms with Gasteiger partial charge in [-0.1, -0.05) is 42.5 Å². The fraction of sp³-hybridized carbons (Fsp3) is 0.316. The molecule has 120 valence electrons. The SMILES string of the molecule is O=C(NCc1ccc([C@@H](O)c2ccccc2)s1)[C@@H]1CC=CCC1. The summed E-state index contributed by atoms with van der Waals surface area (Å²) in [6.07, 6.45) is 6.39. The number of carbonyl (C=O) groups is 1. The van der Waals surface area contributed by atoms with E-state index in [0.717, 1.165) is 34.6 Å². The number of benzene rings is 1. The van der Waals surface area contributed by atoms with Crippen LogP contribution in [0.3, 0.4) is 0 Å². The molecule has 0 spiro atoms. The van der Waals surface area contributed by atoms with Crippen molar-refractivity contribution in [3.8, 4) is 0 Å². The standard InChI is InChI=1S/C19H21NO2S/c21-18(14-7-3-1-4-8-14)17-12-11-16(23-17)13-20-19(22)15-9-5-2-6-10-15/h1-5,7-8,11-12,15,18,21H,6,9-10,13H2,(H,20,22)/t15-,18+/m1/s1. The van der Waals surface area contributed by atoms with E-state index >= 15 is 0 Å². The predicted molar refractivity (Wildman–Crippen MR) is 93.2 cm³/mol. The second-order valence-corrected chi connectivity index (χ2v) is 7.02. The lowest BCUT2D eigenvalue weighted by atomic mass is 9.94. The van der Waals surface area contributed by atoms with Crippen molar-refractivity contribution in [3.05, 3.63) is 69.9 Å². The Morgan fingerprint density at radius 3 is 2.78 bits per heavy atom. The molecular weight excluding hydrogens is 306 g/mol. The van der Waals surface area contributed by atoms with Crippen LogP contribution in [0, 0.1) is 5.92 Å². The molecule has 1 aromatic heterocycles. The van der Waals surface area contributed by atoms with E-state index in [-0.39, 0.29) is 11.8 Å². The van der Waals surface area contributed by atoms with E-state index in [9.17, 15) is 9.90 Å². The second-order valence-electron chi connectivity index (χ2n) is 5.82. The van der Waals surface area contributed by atoms with Crippen LogP contribution in [0.5, 0.6) is 0 Å². The van der Waals surface area contributed by atoms with Gasteiger partial charge in [-0.05, 0) is 37.0 Å². The molecule has 0 saturated heterocycles.